The number of aliphatic carboxylic acids is 2. The molecule has 0 unspecified atom stereocenters. The van der Waals surface area contributed by atoms with E-state index in [9.17, 15) is 0 Å². The second-order valence-electron chi connectivity index (χ2n) is 3.04. The Bertz CT molecular complexity index is 279. The quantitative estimate of drug-likeness (QED) is 0.532. The molecular formula is C14H18O4Ti. The molecule has 5 heteroatoms. The van der Waals surface area contributed by atoms with E-state index >= 15 is 0 Å². The van der Waals surface area contributed by atoms with Gasteiger partial charge < -0.3 is 10.2 Å². The first-order valence-electron chi connectivity index (χ1n) is 5.29. The Labute approximate surface area is 129 Å². The molecule has 0 saturated carbocycles. The van der Waals surface area contributed by atoms with Crippen molar-refractivity contribution in [3.8, 4) is 0 Å². The van der Waals surface area contributed by atoms with E-state index in [1.807, 2.05) is 24.3 Å². The van der Waals surface area contributed by atoms with Crippen LogP contribution in [0.2, 0.25) is 0 Å². The van der Waals surface area contributed by atoms with Gasteiger partial charge in [0.15, 0.2) is 0 Å². The van der Waals surface area contributed by atoms with Crippen LogP contribution in [0.3, 0.4) is 0 Å². The minimum absolute atomic E-state index is 0. The third-order valence-electron chi connectivity index (χ3n) is 1.17. The number of rotatable bonds is 0. The molecule has 0 aromatic heterocycles. The Morgan fingerprint density at radius 3 is 1.21 bits per heavy atom. The van der Waals surface area contributed by atoms with Crippen molar-refractivity contribution in [3.05, 3.63) is 48.6 Å². The Kier molecular flexibility index (Phi) is 22.7. The summed E-state index contributed by atoms with van der Waals surface area (Å²) in [6.07, 6.45) is 20.0. The fourth-order valence-corrected chi connectivity index (χ4v) is 0.680. The molecule has 0 saturated heterocycles. The zero-order chi connectivity index (χ0) is 14.2. The van der Waals surface area contributed by atoms with Gasteiger partial charge in [0.2, 0.25) is 0 Å². The van der Waals surface area contributed by atoms with Gasteiger partial charge in [-0.1, -0.05) is 0 Å². The van der Waals surface area contributed by atoms with Crippen molar-refractivity contribution in [2.24, 2.45) is 0 Å². The summed E-state index contributed by atoms with van der Waals surface area (Å²) in [7, 11) is 0. The maximum atomic E-state index is 9.00. The summed E-state index contributed by atoms with van der Waals surface area (Å²) >= 11 is 0. The van der Waals surface area contributed by atoms with Gasteiger partial charge in [-0.2, -0.15) is 12.2 Å². The van der Waals surface area contributed by atoms with Crippen LogP contribution in [0.5, 0.6) is 0 Å². The fraction of sp³-hybridized carbons (Fsp3) is 0.286. The smallest absolute Gasteiger partial charge is 0.481 e. The summed E-state index contributed by atoms with van der Waals surface area (Å²) < 4.78 is 0. The summed E-state index contributed by atoms with van der Waals surface area (Å²) in [4.78, 5) is 18.0. The van der Waals surface area contributed by atoms with E-state index in [0.717, 1.165) is 26.7 Å². The number of hydrogen-bond donors (Lipinski definition) is 2. The van der Waals surface area contributed by atoms with E-state index in [2.05, 4.69) is 24.3 Å². The fourth-order valence-electron chi connectivity index (χ4n) is 0.680. The molecule has 2 aliphatic carbocycles. The van der Waals surface area contributed by atoms with Gasteiger partial charge in [-0.05, 0) is 0 Å². The molecular weight excluding hydrogens is 280 g/mol. The first kappa shape index (κ1) is 22.8. The maximum Gasteiger partial charge on any atom is 2.00 e. The largest absolute Gasteiger partial charge is 2.00 e. The van der Waals surface area contributed by atoms with Gasteiger partial charge in [0.25, 0.3) is 11.9 Å². The molecule has 2 N–H and O–H groups in total. The minimum atomic E-state index is -0.833. The standard InChI is InChI=1S/2C5H5.2C2H4O2.Ti/c2*1-2-4-5-3-1;2*1-2(3)4;/h2*1-3H,4H2;2*1H3,(H,3,4);/q2*-1;;;+2. The first-order chi connectivity index (χ1) is 8.46. The van der Waals surface area contributed by atoms with Crippen LogP contribution in [0.25, 0.3) is 0 Å². The Morgan fingerprint density at radius 1 is 0.895 bits per heavy atom. The normalized spacial score (nSPS) is 11.9. The molecule has 0 radical (unpaired) electrons. The molecule has 0 aromatic rings. The van der Waals surface area contributed by atoms with Crippen molar-refractivity contribution >= 4 is 11.9 Å². The second kappa shape index (κ2) is 19.0. The number of carbonyl (C=O) groups is 2. The maximum absolute atomic E-state index is 9.00. The number of hydrogen-bond acceptors (Lipinski definition) is 2. The second-order valence-corrected chi connectivity index (χ2v) is 3.04. The molecule has 0 fully saturated rings. The predicted molar refractivity (Wildman–Crippen MR) is 69.8 cm³/mol. The first-order valence-corrected chi connectivity index (χ1v) is 5.29. The average molecular weight is 298 g/mol. The summed E-state index contributed by atoms with van der Waals surface area (Å²) in [5.74, 6) is -1.67. The van der Waals surface area contributed by atoms with Crippen LogP contribution in [0.15, 0.2) is 36.5 Å². The third kappa shape index (κ3) is 47.8. The Morgan fingerprint density at radius 2 is 1.16 bits per heavy atom. The minimum Gasteiger partial charge on any atom is -0.481 e. The molecule has 0 spiro atoms. The van der Waals surface area contributed by atoms with Crippen LogP contribution in [-0.2, 0) is 31.3 Å². The van der Waals surface area contributed by atoms with Crippen LogP contribution >= 0.6 is 0 Å². The average Bonchev–Trinajstić information content (AvgIpc) is 2.96. The summed E-state index contributed by atoms with van der Waals surface area (Å²) in [6, 6.07) is 0. The van der Waals surface area contributed by atoms with Crippen molar-refractivity contribution < 1.29 is 41.5 Å². The van der Waals surface area contributed by atoms with Crippen molar-refractivity contribution in [2.45, 2.75) is 26.7 Å². The van der Waals surface area contributed by atoms with Crippen LogP contribution < -0.4 is 0 Å². The molecule has 102 valence electrons. The molecule has 0 heterocycles. The van der Waals surface area contributed by atoms with E-state index < -0.39 is 11.9 Å². The van der Waals surface area contributed by atoms with Crippen LogP contribution in [0.4, 0.5) is 0 Å². The number of carboxylic acid groups (broad SMARTS) is 2. The zero-order valence-electron chi connectivity index (χ0n) is 11.1. The molecule has 0 aliphatic heterocycles. The molecule has 4 nitrogen and oxygen atoms in total. The summed E-state index contributed by atoms with van der Waals surface area (Å²) in [5.41, 5.74) is 0. The van der Waals surface area contributed by atoms with Gasteiger partial charge in [0.05, 0.1) is 0 Å². The number of carboxylic acids is 2. The van der Waals surface area contributed by atoms with E-state index in [1.165, 1.54) is 0 Å². The molecule has 2 aliphatic rings. The van der Waals surface area contributed by atoms with Gasteiger partial charge >= 0.3 is 21.7 Å². The molecule has 0 amide bonds. The van der Waals surface area contributed by atoms with E-state index in [0.29, 0.717) is 0 Å². The van der Waals surface area contributed by atoms with Gasteiger partial charge in [0, 0.05) is 13.8 Å². The monoisotopic (exact) mass is 298 g/mol. The van der Waals surface area contributed by atoms with Gasteiger partial charge in [0.1, 0.15) is 0 Å². The van der Waals surface area contributed by atoms with Crippen LogP contribution in [0, 0.1) is 12.2 Å². The van der Waals surface area contributed by atoms with Crippen molar-refractivity contribution in [2.75, 3.05) is 0 Å². The van der Waals surface area contributed by atoms with Gasteiger partial charge in [-0.25, -0.2) is 24.3 Å². The van der Waals surface area contributed by atoms with Crippen molar-refractivity contribution in [1.82, 2.24) is 0 Å². The SMILES string of the molecule is CC(=O)O.CC(=O)O.[C-]1=CC=CC1.[C-]1=CC=CC1.[Ti+2]. The summed E-state index contributed by atoms with van der Waals surface area (Å²) in [5, 5.41) is 14.8. The van der Waals surface area contributed by atoms with Crippen LogP contribution in [0.1, 0.15) is 26.7 Å². The molecule has 2 rings (SSSR count). The number of allylic oxidation sites excluding steroid dienone is 8. The molecule has 19 heavy (non-hydrogen) atoms. The Balaban J connectivity index is -0.000000178. The predicted octanol–water partition coefficient (Wildman–Crippen LogP) is 2.79. The van der Waals surface area contributed by atoms with Crippen molar-refractivity contribution in [1.29, 1.82) is 0 Å². The topological polar surface area (TPSA) is 74.6 Å². The van der Waals surface area contributed by atoms with Crippen LogP contribution in [-0.4, -0.2) is 22.2 Å². The third-order valence-corrected chi connectivity index (χ3v) is 1.17. The van der Waals surface area contributed by atoms with E-state index in [1.54, 1.807) is 0 Å². The molecule has 0 aromatic carbocycles. The zero-order valence-corrected chi connectivity index (χ0v) is 12.7. The molecule has 0 atom stereocenters. The van der Waals surface area contributed by atoms with Gasteiger partial charge in [-0.15, -0.1) is 12.8 Å². The van der Waals surface area contributed by atoms with Crippen molar-refractivity contribution in [3.63, 3.8) is 0 Å². The van der Waals surface area contributed by atoms with E-state index in [4.69, 9.17) is 19.8 Å². The van der Waals surface area contributed by atoms with E-state index in [-0.39, 0.29) is 21.7 Å². The molecule has 0 bridgehead atoms. The Hall–Kier alpha value is -1.39. The summed E-state index contributed by atoms with van der Waals surface area (Å²) in [6.45, 7) is 2.17. The van der Waals surface area contributed by atoms with Gasteiger partial charge in [-0.3, -0.25) is 21.7 Å².